The summed E-state index contributed by atoms with van der Waals surface area (Å²) in [6.07, 6.45) is 0.422. The molecule has 0 bridgehead atoms. The number of aliphatic hydroxyl groups excluding tert-OH is 1. The van der Waals surface area contributed by atoms with Gasteiger partial charge in [0.1, 0.15) is 0 Å². The van der Waals surface area contributed by atoms with Crippen LogP contribution in [-0.4, -0.2) is 66.3 Å². The van der Waals surface area contributed by atoms with E-state index in [1.54, 1.807) is 17.1 Å². The summed E-state index contributed by atoms with van der Waals surface area (Å²) in [6.45, 7) is 0.698. The van der Waals surface area contributed by atoms with Crippen molar-refractivity contribution in [2.75, 3.05) is 31.1 Å². The monoisotopic (exact) mass is 476 g/mol. The molecule has 31 heavy (non-hydrogen) atoms. The van der Waals surface area contributed by atoms with E-state index in [9.17, 15) is 31.8 Å². The molecule has 0 amide bonds. The number of anilines is 1. The van der Waals surface area contributed by atoms with Crippen molar-refractivity contribution in [1.82, 2.24) is 4.31 Å². The molecule has 1 aliphatic heterocycles. The maximum absolute atomic E-state index is 13.1. The number of halogens is 3. The Bertz CT molecular complexity index is 1000. The van der Waals surface area contributed by atoms with Gasteiger partial charge >= 0.3 is 6.18 Å². The maximum Gasteiger partial charge on any atom is 0.421 e. The van der Waals surface area contributed by atoms with Crippen molar-refractivity contribution >= 4 is 32.8 Å². The fraction of sp³-hybridized carbons (Fsp3) is 0.450. The summed E-state index contributed by atoms with van der Waals surface area (Å²) in [5.74, 6) is 0. The molecule has 0 aromatic heterocycles. The second-order valence-corrected chi connectivity index (χ2v) is 10.00. The Hall–Kier alpha value is -1.79. The number of rotatable bonds is 5. The van der Waals surface area contributed by atoms with Gasteiger partial charge in [-0.05, 0) is 30.7 Å². The SMILES string of the molecule is CC(O)(c1ccc(N2CCN(S(=O)(=O)C3=CC=CCC3=S)C[C@@H]2CO)cc1)C(F)(F)F. The molecule has 6 nitrogen and oxygen atoms in total. The number of benzene rings is 1. The Balaban J connectivity index is 1.80. The number of sulfonamides is 1. The van der Waals surface area contributed by atoms with Gasteiger partial charge in [0.25, 0.3) is 0 Å². The van der Waals surface area contributed by atoms with E-state index >= 15 is 0 Å². The highest BCUT2D eigenvalue weighted by molar-refractivity contribution is 7.96. The number of hydrogen-bond donors (Lipinski definition) is 2. The molecule has 1 fully saturated rings. The molecule has 0 spiro atoms. The highest BCUT2D eigenvalue weighted by Gasteiger charge is 2.51. The Morgan fingerprint density at radius 3 is 2.39 bits per heavy atom. The largest absolute Gasteiger partial charge is 0.421 e. The van der Waals surface area contributed by atoms with Gasteiger partial charge in [-0.1, -0.05) is 36.5 Å². The average molecular weight is 477 g/mol. The van der Waals surface area contributed by atoms with E-state index in [1.807, 2.05) is 0 Å². The lowest BCUT2D eigenvalue weighted by molar-refractivity contribution is -0.258. The van der Waals surface area contributed by atoms with Gasteiger partial charge in [-0.25, -0.2) is 8.42 Å². The Morgan fingerprint density at radius 1 is 1.19 bits per heavy atom. The van der Waals surface area contributed by atoms with Crippen LogP contribution < -0.4 is 4.90 Å². The van der Waals surface area contributed by atoms with Crippen LogP contribution >= 0.6 is 12.2 Å². The molecule has 1 unspecified atom stereocenters. The maximum atomic E-state index is 13.1. The van der Waals surface area contributed by atoms with Crippen LogP contribution in [0.4, 0.5) is 18.9 Å². The molecule has 0 radical (unpaired) electrons. The summed E-state index contributed by atoms with van der Waals surface area (Å²) < 4.78 is 66.4. The third-order valence-electron chi connectivity index (χ3n) is 5.55. The minimum Gasteiger partial charge on any atom is -0.394 e. The fourth-order valence-electron chi connectivity index (χ4n) is 3.58. The van der Waals surface area contributed by atoms with Crippen molar-refractivity contribution in [2.24, 2.45) is 0 Å². The molecule has 1 heterocycles. The summed E-state index contributed by atoms with van der Waals surface area (Å²) in [5, 5.41) is 19.7. The zero-order valence-corrected chi connectivity index (χ0v) is 18.3. The van der Waals surface area contributed by atoms with Gasteiger partial charge in [-0.3, -0.25) is 0 Å². The van der Waals surface area contributed by atoms with E-state index in [2.05, 4.69) is 0 Å². The van der Waals surface area contributed by atoms with E-state index in [1.165, 1.54) is 34.6 Å². The van der Waals surface area contributed by atoms with Gasteiger partial charge in [0.15, 0.2) is 5.60 Å². The minimum atomic E-state index is -4.83. The number of nitrogens with zero attached hydrogens (tertiary/aromatic N) is 2. The number of thiocarbonyl (C=S) groups is 1. The standard InChI is InChI=1S/C20H23F3N2O4S2/c1-19(27,20(21,22)23)14-6-8-15(9-7-14)25-11-10-24(12-16(25)13-26)31(28,29)18-5-3-2-4-17(18)30/h2-3,5-9,16,26-27H,4,10-13H2,1H3/t16-,19?/m1/s1. The van der Waals surface area contributed by atoms with Crippen LogP contribution in [0.5, 0.6) is 0 Å². The lowest BCUT2D eigenvalue weighted by Gasteiger charge is -2.41. The van der Waals surface area contributed by atoms with Gasteiger partial charge in [-0.15, -0.1) is 0 Å². The van der Waals surface area contributed by atoms with Gasteiger partial charge in [0.2, 0.25) is 10.0 Å². The number of allylic oxidation sites excluding steroid dienone is 4. The van der Waals surface area contributed by atoms with E-state index in [0.717, 1.165) is 0 Å². The zero-order chi connectivity index (χ0) is 23.0. The van der Waals surface area contributed by atoms with E-state index < -0.39 is 27.8 Å². The van der Waals surface area contributed by atoms with E-state index in [0.29, 0.717) is 23.9 Å². The van der Waals surface area contributed by atoms with Crippen LogP contribution in [0.3, 0.4) is 0 Å². The number of alkyl halides is 3. The first-order valence-corrected chi connectivity index (χ1v) is 11.4. The van der Waals surface area contributed by atoms with Crippen molar-refractivity contribution in [2.45, 2.75) is 31.2 Å². The zero-order valence-electron chi connectivity index (χ0n) is 16.7. The van der Waals surface area contributed by atoms with Gasteiger partial charge in [-0.2, -0.15) is 17.5 Å². The van der Waals surface area contributed by atoms with Gasteiger partial charge in [0, 0.05) is 36.6 Å². The van der Waals surface area contributed by atoms with Crippen molar-refractivity contribution in [3.8, 4) is 0 Å². The van der Waals surface area contributed by atoms with Gasteiger partial charge < -0.3 is 15.1 Å². The van der Waals surface area contributed by atoms with Crippen LogP contribution in [-0.2, 0) is 15.6 Å². The second-order valence-electron chi connectivity index (χ2n) is 7.60. The highest BCUT2D eigenvalue weighted by Crippen LogP contribution is 2.39. The quantitative estimate of drug-likeness (QED) is 0.636. The summed E-state index contributed by atoms with van der Waals surface area (Å²) in [4.78, 5) is 2.15. The van der Waals surface area contributed by atoms with E-state index in [-0.39, 0.29) is 36.7 Å². The van der Waals surface area contributed by atoms with Crippen LogP contribution in [0.25, 0.3) is 0 Å². The third-order valence-corrected chi connectivity index (χ3v) is 8.01. The smallest absolute Gasteiger partial charge is 0.394 e. The highest BCUT2D eigenvalue weighted by atomic mass is 32.2. The van der Waals surface area contributed by atoms with Crippen molar-refractivity contribution < 1.29 is 31.8 Å². The van der Waals surface area contributed by atoms with Crippen LogP contribution in [0.2, 0.25) is 0 Å². The molecule has 1 saturated heterocycles. The molecule has 2 atom stereocenters. The van der Waals surface area contributed by atoms with Crippen LogP contribution in [0.1, 0.15) is 18.9 Å². The predicted molar refractivity (Wildman–Crippen MR) is 115 cm³/mol. The minimum absolute atomic E-state index is 0.00448. The Morgan fingerprint density at radius 2 is 1.84 bits per heavy atom. The fourth-order valence-corrected chi connectivity index (χ4v) is 5.65. The summed E-state index contributed by atoms with van der Waals surface area (Å²) in [6, 6.07) is 4.61. The third kappa shape index (κ3) is 4.56. The molecule has 2 N–H and O–H groups in total. The molecular weight excluding hydrogens is 453 g/mol. The summed E-state index contributed by atoms with van der Waals surface area (Å²) >= 11 is 5.18. The van der Waals surface area contributed by atoms with Crippen molar-refractivity contribution in [3.05, 3.63) is 53.0 Å². The molecule has 1 aliphatic carbocycles. The Kier molecular flexibility index (Phi) is 6.64. The molecule has 3 rings (SSSR count). The first-order chi connectivity index (χ1) is 14.4. The van der Waals surface area contributed by atoms with Gasteiger partial charge in [0.05, 0.1) is 17.6 Å². The first-order valence-electron chi connectivity index (χ1n) is 9.57. The summed E-state index contributed by atoms with van der Waals surface area (Å²) in [5.41, 5.74) is -2.78. The number of hydrogen-bond acceptors (Lipinski definition) is 6. The summed E-state index contributed by atoms with van der Waals surface area (Å²) in [7, 11) is -3.82. The van der Waals surface area contributed by atoms with Crippen molar-refractivity contribution in [3.63, 3.8) is 0 Å². The number of piperazine rings is 1. The topological polar surface area (TPSA) is 81.1 Å². The lowest BCUT2D eigenvalue weighted by atomic mass is 9.95. The molecule has 1 aromatic carbocycles. The average Bonchev–Trinajstić information content (AvgIpc) is 2.72. The number of aliphatic hydroxyl groups is 2. The first kappa shape index (κ1) is 23.9. The molecule has 0 saturated carbocycles. The van der Waals surface area contributed by atoms with Crippen LogP contribution in [0.15, 0.2) is 47.4 Å². The molecule has 2 aliphatic rings. The van der Waals surface area contributed by atoms with Crippen LogP contribution in [0, 0.1) is 0 Å². The molecule has 1 aromatic rings. The second kappa shape index (κ2) is 8.62. The molecule has 11 heteroatoms. The normalized spacial score (nSPS) is 22.9. The molecule has 170 valence electrons. The molecular formula is C20H23F3N2O4S2. The predicted octanol–water partition coefficient (Wildman–Crippen LogP) is 2.48. The Labute approximate surface area is 184 Å². The van der Waals surface area contributed by atoms with Crippen molar-refractivity contribution in [1.29, 1.82) is 0 Å². The van der Waals surface area contributed by atoms with E-state index in [4.69, 9.17) is 12.2 Å². The lowest BCUT2D eigenvalue weighted by Crippen LogP contribution is -2.56.